The molecule has 0 atom stereocenters. The van der Waals surface area contributed by atoms with Crippen molar-refractivity contribution >= 4 is 22.9 Å². The fourth-order valence-corrected chi connectivity index (χ4v) is 1.85. The second-order valence-electron chi connectivity index (χ2n) is 4.13. The van der Waals surface area contributed by atoms with E-state index in [0.29, 0.717) is 10.9 Å². The van der Waals surface area contributed by atoms with Gasteiger partial charge < -0.3 is 14.6 Å². The largest absolute Gasteiger partial charge is 0.503 e. The monoisotopic (exact) mass is 291 g/mol. The van der Waals surface area contributed by atoms with Crippen molar-refractivity contribution in [3.63, 3.8) is 0 Å². The van der Waals surface area contributed by atoms with Crippen LogP contribution in [-0.2, 0) is 9.53 Å². The van der Waals surface area contributed by atoms with Crippen LogP contribution in [0.3, 0.4) is 0 Å². The SMILES string of the molecule is CCOC(=O)C=Cc1cc(F)c(O)c2nc(OC)ccc12. The molecule has 2 rings (SSSR count). The lowest BCUT2D eigenvalue weighted by molar-refractivity contribution is -0.137. The highest BCUT2D eigenvalue weighted by molar-refractivity contribution is 5.96. The van der Waals surface area contributed by atoms with E-state index in [9.17, 15) is 14.3 Å². The van der Waals surface area contributed by atoms with Crippen LogP contribution in [0.25, 0.3) is 17.0 Å². The van der Waals surface area contributed by atoms with Crippen LogP contribution in [0.4, 0.5) is 4.39 Å². The molecule has 1 aromatic carbocycles. The molecule has 0 radical (unpaired) electrons. The van der Waals surface area contributed by atoms with Crippen LogP contribution in [0.15, 0.2) is 24.3 Å². The predicted octanol–water partition coefficient (Wildman–Crippen LogP) is 2.66. The average molecular weight is 291 g/mol. The lowest BCUT2D eigenvalue weighted by atomic mass is 10.1. The summed E-state index contributed by atoms with van der Waals surface area (Å²) in [6, 6.07) is 4.34. The Bertz CT molecular complexity index is 712. The van der Waals surface area contributed by atoms with Crippen LogP contribution >= 0.6 is 0 Å². The molecule has 5 nitrogen and oxygen atoms in total. The summed E-state index contributed by atoms with van der Waals surface area (Å²) in [6.07, 6.45) is 2.61. The van der Waals surface area contributed by atoms with Crippen molar-refractivity contribution in [1.82, 2.24) is 4.98 Å². The Labute approximate surface area is 120 Å². The summed E-state index contributed by atoms with van der Waals surface area (Å²) in [7, 11) is 1.42. The molecule has 0 aliphatic carbocycles. The molecule has 1 aromatic heterocycles. The Kier molecular flexibility index (Phi) is 4.37. The number of methoxy groups -OCH3 is 1. The van der Waals surface area contributed by atoms with Crippen LogP contribution in [0.1, 0.15) is 12.5 Å². The minimum atomic E-state index is -0.827. The predicted molar refractivity (Wildman–Crippen MR) is 75.6 cm³/mol. The fourth-order valence-electron chi connectivity index (χ4n) is 1.85. The van der Waals surface area contributed by atoms with Gasteiger partial charge in [-0.3, -0.25) is 0 Å². The summed E-state index contributed by atoms with van der Waals surface area (Å²) in [5.74, 6) is -1.66. The average Bonchev–Trinajstić information content (AvgIpc) is 2.49. The highest BCUT2D eigenvalue weighted by Crippen LogP contribution is 2.31. The number of carbonyl (C=O) groups is 1. The molecule has 110 valence electrons. The van der Waals surface area contributed by atoms with E-state index in [0.717, 1.165) is 6.07 Å². The van der Waals surface area contributed by atoms with Gasteiger partial charge in [0, 0.05) is 17.5 Å². The number of rotatable bonds is 4. The Morgan fingerprint density at radius 3 is 2.90 bits per heavy atom. The summed E-state index contributed by atoms with van der Waals surface area (Å²) in [6.45, 7) is 1.95. The standard InChI is InChI=1S/C15H14FNO4/c1-3-21-13(18)7-4-9-8-11(16)15(19)14-10(9)5-6-12(17-14)20-2/h4-8,19H,3H2,1-2H3. The van der Waals surface area contributed by atoms with Gasteiger partial charge in [-0.2, -0.15) is 0 Å². The van der Waals surface area contributed by atoms with E-state index < -0.39 is 17.5 Å². The number of benzene rings is 1. The second kappa shape index (κ2) is 6.21. The van der Waals surface area contributed by atoms with Gasteiger partial charge in [0.05, 0.1) is 13.7 Å². The highest BCUT2D eigenvalue weighted by Gasteiger charge is 2.12. The number of esters is 1. The number of nitrogens with zero attached hydrogens (tertiary/aromatic N) is 1. The first-order chi connectivity index (χ1) is 10.1. The van der Waals surface area contributed by atoms with Crippen LogP contribution < -0.4 is 4.74 Å². The van der Waals surface area contributed by atoms with Crippen molar-refractivity contribution in [1.29, 1.82) is 0 Å². The summed E-state index contributed by atoms with van der Waals surface area (Å²) in [5.41, 5.74) is 0.473. The zero-order valence-electron chi connectivity index (χ0n) is 11.6. The molecule has 1 N–H and O–H groups in total. The summed E-state index contributed by atoms with van der Waals surface area (Å²) < 4.78 is 23.4. The van der Waals surface area contributed by atoms with Crippen molar-refractivity contribution in [3.8, 4) is 11.6 Å². The third-order valence-corrected chi connectivity index (χ3v) is 2.81. The molecule has 0 spiro atoms. The van der Waals surface area contributed by atoms with Gasteiger partial charge in [0.25, 0.3) is 0 Å². The van der Waals surface area contributed by atoms with Crippen LogP contribution in [0.5, 0.6) is 11.6 Å². The minimum absolute atomic E-state index is 0.0675. The first kappa shape index (κ1) is 14.8. The molecule has 0 aliphatic rings. The Balaban J connectivity index is 2.54. The first-order valence-electron chi connectivity index (χ1n) is 6.27. The van der Waals surface area contributed by atoms with Crippen molar-refractivity contribution in [3.05, 3.63) is 35.7 Å². The summed E-state index contributed by atoms with van der Waals surface area (Å²) >= 11 is 0. The first-order valence-corrected chi connectivity index (χ1v) is 6.27. The Hall–Kier alpha value is -2.63. The molecule has 0 saturated carbocycles. The minimum Gasteiger partial charge on any atom is -0.503 e. The lowest BCUT2D eigenvalue weighted by Gasteiger charge is -2.07. The van der Waals surface area contributed by atoms with Crippen molar-refractivity contribution < 1.29 is 23.8 Å². The van der Waals surface area contributed by atoms with E-state index in [2.05, 4.69) is 4.98 Å². The zero-order chi connectivity index (χ0) is 15.4. The highest BCUT2D eigenvalue weighted by atomic mass is 19.1. The number of aromatic nitrogens is 1. The normalized spacial score (nSPS) is 11.0. The molecule has 6 heteroatoms. The number of fused-ring (bicyclic) bond motifs is 1. The van der Waals surface area contributed by atoms with Gasteiger partial charge in [-0.15, -0.1) is 0 Å². The number of phenolic OH excluding ortho intramolecular Hbond substituents is 1. The van der Waals surface area contributed by atoms with Gasteiger partial charge in [0.1, 0.15) is 5.52 Å². The quantitative estimate of drug-likeness (QED) is 0.693. The van der Waals surface area contributed by atoms with Gasteiger partial charge in [-0.1, -0.05) is 0 Å². The van der Waals surface area contributed by atoms with Crippen molar-refractivity contribution in [2.24, 2.45) is 0 Å². The third kappa shape index (κ3) is 3.10. The number of hydrogen-bond donors (Lipinski definition) is 1. The van der Waals surface area contributed by atoms with Gasteiger partial charge in [0.15, 0.2) is 11.6 Å². The van der Waals surface area contributed by atoms with Crippen molar-refractivity contribution in [2.45, 2.75) is 6.92 Å². The van der Waals surface area contributed by atoms with Crippen LogP contribution in [0, 0.1) is 5.82 Å². The summed E-state index contributed by atoms with van der Waals surface area (Å²) in [5, 5.41) is 10.3. The molecule has 21 heavy (non-hydrogen) atoms. The van der Waals surface area contributed by atoms with E-state index in [1.165, 1.54) is 19.3 Å². The molecule has 0 bridgehead atoms. The molecule has 0 aliphatic heterocycles. The van der Waals surface area contributed by atoms with Gasteiger partial charge in [-0.25, -0.2) is 14.2 Å². The Morgan fingerprint density at radius 1 is 1.48 bits per heavy atom. The number of phenols is 1. The fraction of sp³-hybridized carbons (Fsp3) is 0.200. The molecular formula is C15H14FNO4. The lowest BCUT2D eigenvalue weighted by Crippen LogP contribution is -1.99. The van der Waals surface area contributed by atoms with Gasteiger partial charge >= 0.3 is 5.97 Å². The maximum Gasteiger partial charge on any atom is 0.330 e. The van der Waals surface area contributed by atoms with Crippen molar-refractivity contribution in [2.75, 3.05) is 13.7 Å². The molecule has 0 fully saturated rings. The number of carbonyl (C=O) groups excluding carboxylic acids is 1. The molecular weight excluding hydrogens is 277 g/mol. The number of pyridine rings is 1. The van der Waals surface area contributed by atoms with E-state index in [-0.39, 0.29) is 18.0 Å². The topological polar surface area (TPSA) is 68.7 Å². The molecule has 1 heterocycles. The number of ether oxygens (including phenoxy) is 2. The number of aromatic hydroxyl groups is 1. The van der Waals surface area contributed by atoms with Crippen LogP contribution in [0.2, 0.25) is 0 Å². The molecule has 0 saturated heterocycles. The molecule has 2 aromatic rings. The smallest absolute Gasteiger partial charge is 0.330 e. The second-order valence-corrected chi connectivity index (χ2v) is 4.13. The zero-order valence-corrected chi connectivity index (χ0v) is 11.6. The van der Waals surface area contributed by atoms with E-state index in [1.54, 1.807) is 19.1 Å². The third-order valence-electron chi connectivity index (χ3n) is 2.81. The molecule has 0 unspecified atom stereocenters. The number of hydrogen-bond acceptors (Lipinski definition) is 5. The van der Waals surface area contributed by atoms with E-state index in [4.69, 9.17) is 9.47 Å². The maximum absolute atomic E-state index is 13.7. The van der Waals surface area contributed by atoms with E-state index >= 15 is 0 Å². The van der Waals surface area contributed by atoms with Crippen LogP contribution in [-0.4, -0.2) is 29.8 Å². The van der Waals surface area contributed by atoms with Gasteiger partial charge in [-0.05, 0) is 30.7 Å². The van der Waals surface area contributed by atoms with Gasteiger partial charge in [0.2, 0.25) is 5.88 Å². The van der Waals surface area contributed by atoms with E-state index in [1.807, 2.05) is 0 Å². The Morgan fingerprint density at radius 2 is 2.24 bits per heavy atom. The maximum atomic E-state index is 13.7. The summed E-state index contributed by atoms with van der Waals surface area (Å²) in [4.78, 5) is 15.3. The number of halogens is 1. The molecule has 0 amide bonds.